The van der Waals surface area contributed by atoms with E-state index in [4.69, 9.17) is 0 Å². The van der Waals surface area contributed by atoms with Crippen molar-refractivity contribution in [1.29, 1.82) is 0 Å². The molecule has 7 heteroatoms. The smallest absolute Gasteiger partial charge is 0.270 e. The second-order valence-corrected chi connectivity index (χ2v) is 4.38. The van der Waals surface area contributed by atoms with Gasteiger partial charge in [-0.3, -0.25) is 14.6 Å². The Morgan fingerprint density at radius 2 is 2.50 bits per heavy atom. The lowest BCUT2D eigenvalue weighted by Crippen LogP contribution is -2.25. The van der Waals surface area contributed by atoms with E-state index >= 15 is 0 Å². The van der Waals surface area contributed by atoms with E-state index in [9.17, 15) is 4.79 Å². The summed E-state index contributed by atoms with van der Waals surface area (Å²) in [5.41, 5.74) is 1.44. The van der Waals surface area contributed by atoms with Crippen molar-refractivity contribution in [3.05, 3.63) is 33.4 Å². The summed E-state index contributed by atoms with van der Waals surface area (Å²) in [5.74, 6) is -0.164. The van der Waals surface area contributed by atoms with Crippen molar-refractivity contribution in [2.45, 2.75) is 6.54 Å². The molecule has 2 rings (SSSR count). The van der Waals surface area contributed by atoms with Crippen molar-refractivity contribution in [3.8, 4) is 0 Å². The monoisotopic (exact) mass is 331 g/mol. The summed E-state index contributed by atoms with van der Waals surface area (Å²) in [6.45, 7) is 0.449. The van der Waals surface area contributed by atoms with Crippen LogP contribution in [-0.2, 0) is 13.6 Å². The molecule has 84 valence electrons. The first-order valence-corrected chi connectivity index (χ1v) is 5.70. The normalized spacial score (nSPS) is 10.4. The minimum atomic E-state index is -0.164. The standard InChI is InChI=1S/C9H10IN5O/c1-15-6(2-3-13-15)4-11-9(16)8-7(10)5-12-14-8/h2-3,5H,4H2,1H3,(H,11,16)(H,12,14). The first-order chi connectivity index (χ1) is 7.68. The van der Waals surface area contributed by atoms with Gasteiger partial charge in [-0.05, 0) is 28.7 Å². The Morgan fingerprint density at radius 3 is 3.06 bits per heavy atom. The number of aromatic amines is 1. The van der Waals surface area contributed by atoms with Crippen LogP contribution in [0.25, 0.3) is 0 Å². The highest BCUT2D eigenvalue weighted by molar-refractivity contribution is 14.1. The molecule has 0 aliphatic rings. The lowest BCUT2D eigenvalue weighted by Gasteiger charge is -2.04. The number of rotatable bonds is 3. The highest BCUT2D eigenvalue weighted by Gasteiger charge is 2.11. The molecule has 1 amide bonds. The molecule has 0 bridgehead atoms. The van der Waals surface area contributed by atoms with Crippen LogP contribution in [0.15, 0.2) is 18.5 Å². The van der Waals surface area contributed by atoms with Gasteiger partial charge in [-0.15, -0.1) is 0 Å². The van der Waals surface area contributed by atoms with Crippen molar-refractivity contribution in [2.24, 2.45) is 7.05 Å². The molecule has 16 heavy (non-hydrogen) atoms. The fraction of sp³-hybridized carbons (Fsp3) is 0.222. The molecule has 0 atom stereocenters. The fourth-order valence-corrected chi connectivity index (χ4v) is 1.77. The van der Waals surface area contributed by atoms with Gasteiger partial charge in [0.15, 0.2) is 0 Å². The van der Waals surface area contributed by atoms with E-state index in [-0.39, 0.29) is 5.91 Å². The van der Waals surface area contributed by atoms with Gasteiger partial charge < -0.3 is 5.32 Å². The van der Waals surface area contributed by atoms with E-state index in [0.717, 1.165) is 9.26 Å². The van der Waals surface area contributed by atoms with Crippen molar-refractivity contribution >= 4 is 28.5 Å². The Hall–Kier alpha value is -1.38. The first kappa shape index (κ1) is 11.1. The number of aryl methyl sites for hydroxylation is 1. The lowest BCUT2D eigenvalue weighted by molar-refractivity contribution is 0.0944. The molecule has 0 unspecified atom stereocenters. The molecular weight excluding hydrogens is 321 g/mol. The third-order valence-corrected chi connectivity index (χ3v) is 2.99. The molecule has 0 fully saturated rings. The molecule has 2 aromatic rings. The van der Waals surface area contributed by atoms with E-state index in [2.05, 4.69) is 43.2 Å². The molecule has 0 saturated heterocycles. The van der Waals surface area contributed by atoms with Crippen LogP contribution >= 0.6 is 22.6 Å². The highest BCUT2D eigenvalue weighted by atomic mass is 127. The van der Waals surface area contributed by atoms with Crippen molar-refractivity contribution < 1.29 is 4.79 Å². The number of hydrogen-bond donors (Lipinski definition) is 2. The van der Waals surface area contributed by atoms with E-state index in [1.165, 1.54) is 0 Å². The molecular formula is C9H10IN5O. The molecule has 2 aromatic heterocycles. The largest absolute Gasteiger partial charge is 0.345 e. The highest BCUT2D eigenvalue weighted by Crippen LogP contribution is 2.07. The number of H-pyrrole nitrogens is 1. The molecule has 0 radical (unpaired) electrons. The maximum Gasteiger partial charge on any atom is 0.270 e. The molecule has 0 spiro atoms. The average molecular weight is 331 g/mol. The summed E-state index contributed by atoms with van der Waals surface area (Å²) < 4.78 is 2.53. The van der Waals surface area contributed by atoms with Crippen LogP contribution in [0.5, 0.6) is 0 Å². The summed E-state index contributed by atoms with van der Waals surface area (Å²) >= 11 is 2.06. The summed E-state index contributed by atoms with van der Waals surface area (Å²) in [5, 5.41) is 13.3. The summed E-state index contributed by atoms with van der Waals surface area (Å²) in [7, 11) is 1.83. The van der Waals surface area contributed by atoms with Gasteiger partial charge in [0.2, 0.25) is 0 Å². The topological polar surface area (TPSA) is 75.6 Å². The number of carbonyl (C=O) groups is 1. The number of aromatic nitrogens is 4. The van der Waals surface area contributed by atoms with Gasteiger partial charge in [-0.2, -0.15) is 10.2 Å². The van der Waals surface area contributed by atoms with Gasteiger partial charge in [0.1, 0.15) is 5.69 Å². The Kier molecular flexibility index (Phi) is 3.22. The Bertz CT molecular complexity index is 503. The average Bonchev–Trinajstić information content (AvgIpc) is 2.84. The molecule has 6 nitrogen and oxygen atoms in total. The van der Waals surface area contributed by atoms with Crippen LogP contribution in [0.2, 0.25) is 0 Å². The number of nitrogens with one attached hydrogen (secondary N) is 2. The van der Waals surface area contributed by atoms with Crippen molar-refractivity contribution in [2.75, 3.05) is 0 Å². The van der Waals surface area contributed by atoms with Crippen LogP contribution in [0, 0.1) is 3.57 Å². The molecule has 0 aliphatic carbocycles. The minimum absolute atomic E-state index is 0.164. The number of amides is 1. The summed E-state index contributed by atoms with van der Waals surface area (Å²) in [4.78, 5) is 11.7. The number of nitrogens with zero attached hydrogens (tertiary/aromatic N) is 3. The van der Waals surface area contributed by atoms with Crippen LogP contribution in [0.3, 0.4) is 0 Å². The second-order valence-electron chi connectivity index (χ2n) is 3.22. The summed E-state index contributed by atoms with van der Waals surface area (Å²) in [6.07, 6.45) is 3.31. The van der Waals surface area contributed by atoms with Crippen LogP contribution in [0.4, 0.5) is 0 Å². The molecule has 2 heterocycles. The van der Waals surface area contributed by atoms with Gasteiger partial charge in [0.25, 0.3) is 5.91 Å². The maximum absolute atomic E-state index is 11.7. The van der Waals surface area contributed by atoms with Gasteiger partial charge >= 0.3 is 0 Å². The number of halogens is 1. The lowest BCUT2D eigenvalue weighted by atomic mass is 10.3. The van der Waals surface area contributed by atoms with E-state index in [1.807, 2.05) is 13.1 Å². The zero-order chi connectivity index (χ0) is 11.5. The molecule has 2 N–H and O–H groups in total. The van der Waals surface area contributed by atoms with E-state index in [1.54, 1.807) is 17.1 Å². The Labute approximate surface area is 106 Å². The Balaban J connectivity index is 1.99. The molecule has 0 saturated carbocycles. The summed E-state index contributed by atoms with van der Waals surface area (Å²) in [6, 6.07) is 1.86. The second kappa shape index (κ2) is 4.64. The first-order valence-electron chi connectivity index (χ1n) is 4.62. The van der Waals surface area contributed by atoms with Crippen LogP contribution in [0.1, 0.15) is 16.2 Å². The van der Waals surface area contributed by atoms with Crippen LogP contribution < -0.4 is 5.32 Å². The Morgan fingerprint density at radius 1 is 1.69 bits per heavy atom. The van der Waals surface area contributed by atoms with Crippen molar-refractivity contribution in [3.63, 3.8) is 0 Å². The zero-order valence-corrected chi connectivity index (χ0v) is 10.7. The van der Waals surface area contributed by atoms with Crippen LogP contribution in [-0.4, -0.2) is 25.9 Å². The molecule has 0 aromatic carbocycles. The minimum Gasteiger partial charge on any atom is -0.345 e. The van der Waals surface area contributed by atoms with Gasteiger partial charge in [-0.25, -0.2) is 0 Å². The SMILES string of the molecule is Cn1nccc1CNC(=O)c1[nH]ncc1I. The van der Waals surface area contributed by atoms with E-state index in [0.29, 0.717) is 12.2 Å². The van der Waals surface area contributed by atoms with E-state index < -0.39 is 0 Å². The predicted molar refractivity (Wildman–Crippen MR) is 65.7 cm³/mol. The quantitative estimate of drug-likeness (QED) is 0.812. The fourth-order valence-electron chi connectivity index (χ4n) is 1.26. The van der Waals surface area contributed by atoms with Gasteiger partial charge in [-0.1, -0.05) is 0 Å². The third-order valence-electron chi connectivity index (χ3n) is 2.17. The van der Waals surface area contributed by atoms with Gasteiger partial charge in [0, 0.05) is 13.2 Å². The van der Waals surface area contributed by atoms with Crippen molar-refractivity contribution in [1.82, 2.24) is 25.3 Å². The zero-order valence-electron chi connectivity index (χ0n) is 8.57. The molecule has 0 aliphatic heterocycles. The van der Waals surface area contributed by atoms with Gasteiger partial charge in [0.05, 0.1) is 22.0 Å². The third kappa shape index (κ3) is 2.23. The predicted octanol–water partition coefficient (Wildman–Crippen LogP) is 0.678. The maximum atomic E-state index is 11.7. The number of carbonyl (C=O) groups excluding carboxylic acids is 1. The number of hydrogen-bond acceptors (Lipinski definition) is 3.